The van der Waals surface area contributed by atoms with Crippen LogP contribution in [0.4, 0.5) is 0 Å². The quantitative estimate of drug-likeness (QED) is 0.153. The van der Waals surface area contributed by atoms with Gasteiger partial charge in [0.15, 0.2) is 0 Å². The molecular formula is C28H32FeP2-2. The van der Waals surface area contributed by atoms with Gasteiger partial charge in [0.1, 0.15) is 0 Å². The van der Waals surface area contributed by atoms with E-state index in [-0.39, 0.29) is 27.4 Å². The molecule has 0 aliphatic heterocycles. The monoisotopic (exact) mass is 486 g/mol. The van der Waals surface area contributed by atoms with E-state index in [2.05, 4.69) is 137 Å². The first-order valence-electron chi connectivity index (χ1n) is 10.5. The van der Waals surface area contributed by atoms with Crippen LogP contribution in [0.2, 0.25) is 0 Å². The van der Waals surface area contributed by atoms with Crippen LogP contribution in [0.5, 0.6) is 0 Å². The van der Waals surface area contributed by atoms with Crippen molar-refractivity contribution < 1.29 is 17.1 Å². The fourth-order valence-corrected chi connectivity index (χ4v) is 6.27. The minimum Gasteiger partial charge on any atom is -0.210 e. The predicted molar refractivity (Wildman–Crippen MR) is 139 cm³/mol. The molecule has 0 spiro atoms. The van der Waals surface area contributed by atoms with Gasteiger partial charge in [0.05, 0.1) is 0 Å². The second-order valence-corrected chi connectivity index (χ2v) is 12.7. The predicted octanol–water partition coefficient (Wildman–Crippen LogP) is 7.29. The summed E-state index contributed by atoms with van der Waals surface area (Å²) in [6.07, 6.45) is 0. The molecule has 4 rings (SSSR count). The van der Waals surface area contributed by atoms with Gasteiger partial charge in [0.2, 0.25) is 0 Å². The number of benzene rings is 2. The zero-order valence-corrected chi connectivity index (χ0v) is 21.9. The summed E-state index contributed by atoms with van der Waals surface area (Å²) >= 11 is 0. The molecule has 0 heterocycles. The van der Waals surface area contributed by atoms with E-state index in [1.54, 1.807) is 0 Å². The molecule has 31 heavy (non-hydrogen) atoms. The third kappa shape index (κ3) is 7.86. The van der Waals surface area contributed by atoms with Crippen molar-refractivity contribution in [2.75, 3.05) is 0 Å². The maximum Gasteiger partial charge on any atom is 0 e. The molecule has 4 aromatic rings. The summed E-state index contributed by atoms with van der Waals surface area (Å²) in [6, 6.07) is 38.8. The van der Waals surface area contributed by atoms with Crippen molar-refractivity contribution in [3.63, 3.8) is 0 Å². The van der Waals surface area contributed by atoms with Crippen molar-refractivity contribution in [3.05, 3.63) is 120 Å². The molecule has 2 atom stereocenters. The summed E-state index contributed by atoms with van der Waals surface area (Å²) in [4.78, 5) is 0. The van der Waals surface area contributed by atoms with Crippen molar-refractivity contribution in [3.8, 4) is 0 Å². The SMILES string of the molecule is CC(C)(Pc1ccccc1)c1cc[cH-]c1.CC(C)(Pc1ccccc1)c1cc[cH-]c1.[Fe]. The van der Waals surface area contributed by atoms with Crippen molar-refractivity contribution in [2.24, 2.45) is 0 Å². The summed E-state index contributed by atoms with van der Waals surface area (Å²) in [5.41, 5.74) is 2.87. The van der Waals surface area contributed by atoms with Gasteiger partial charge in [0, 0.05) is 17.1 Å². The maximum absolute atomic E-state index is 2.31. The molecule has 4 aromatic carbocycles. The molecule has 0 fully saturated rings. The smallest absolute Gasteiger partial charge is 0 e. The van der Waals surface area contributed by atoms with E-state index in [1.807, 2.05) is 0 Å². The summed E-state index contributed by atoms with van der Waals surface area (Å²) in [5.74, 6) is 0. The summed E-state index contributed by atoms with van der Waals surface area (Å²) in [6.45, 7) is 9.25. The van der Waals surface area contributed by atoms with Gasteiger partial charge in [-0.25, -0.2) is 12.1 Å². The van der Waals surface area contributed by atoms with Gasteiger partial charge in [-0.2, -0.15) is 47.5 Å². The second-order valence-electron chi connectivity index (χ2n) is 8.58. The molecule has 3 heteroatoms. The van der Waals surface area contributed by atoms with Gasteiger partial charge >= 0.3 is 0 Å². The van der Waals surface area contributed by atoms with Crippen LogP contribution in [0.25, 0.3) is 0 Å². The topological polar surface area (TPSA) is 0 Å². The molecular weight excluding hydrogens is 454 g/mol. The van der Waals surface area contributed by atoms with Crippen LogP contribution in [0, 0.1) is 0 Å². The molecule has 0 aliphatic carbocycles. The number of rotatable bonds is 6. The van der Waals surface area contributed by atoms with E-state index < -0.39 is 0 Å². The Bertz CT molecular complexity index is 886. The van der Waals surface area contributed by atoms with E-state index >= 15 is 0 Å². The fourth-order valence-electron chi connectivity index (χ4n) is 3.49. The molecule has 0 amide bonds. The van der Waals surface area contributed by atoms with Crippen LogP contribution < -0.4 is 10.6 Å². The second kappa shape index (κ2) is 11.9. The van der Waals surface area contributed by atoms with E-state index in [0.29, 0.717) is 0 Å². The van der Waals surface area contributed by atoms with Gasteiger partial charge in [-0.15, -0.1) is 0 Å². The van der Waals surface area contributed by atoms with Crippen molar-refractivity contribution in [1.82, 2.24) is 0 Å². The van der Waals surface area contributed by atoms with Crippen molar-refractivity contribution in [2.45, 2.75) is 38.0 Å². The molecule has 0 radical (unpaired) electrons. The molecule has 0 aromatic heterocycles. The number of hydrogen-bond acceptors (Lipinski definition) is 0. The Hall–Kier alpha value is -1.48. The van der Waals surface area contributed by atoms with E-state index in [1.165, 1.54) is 21.7 Å². The Morgan fingerprint density at radius 1 is 0.548 bits per heavy atom. The van der Waals surface area contributed by atoms with Crippen LogP contribution in [0.15, 0.2) is 109 Å². The fraction of sp³-hybridized carbons (Fsp3) is 0.214. The first-order chi connectivity index (χ1) is 14.4. The van der Waals surface area contributed by atoms with Crippen molar-refractivity contribution in [1.29, 1.82) is 0 Å². The zero-order chi connectivity index (χ0) is 21.5. The average Bonchev–Trinajstić information content (AvgIpc) is 3.44. The molecule has 0 nitrogen and oxygen atoms in total. The first-order valence-corrected chi connectivity index (χ1v) is 12.5. The standard InChI is InChI=1S/2C14H16P.Fe/c2*1-14(2,12-8-6-7-9-12)15-13-10-4-3-5-11-13;/h2*3-11,15H,1-2H3;/q2*-1;. The Morgan fingerprint density at radius 2 is 0.903 bits per heavy atom. The Morgan fingerprint density at radius 3 is 1.19 bits per heavy atom. The molecule has 0 bridgehead atoms. The molecule has 0 aliphatic rings. The number of hydrogen-bond donors (Lipinski definition) is 0. The van der Waals surface area contributed by atoms with Crippen LogP contribution in [0.1, 0.15) is 38.8 Å². The van der Waals surface area contributed by atoms with E-state index in [9.17, 15) is 0 Å². The van der Waals surface area contributed by atoms with Crippen LogP contribution in [-0.4, -0.2) is 0 Å². The largest absolute Gasteiger partial charge is 0.210 e. The van der Waals surface area contributed by atoms with Gasteiger partial charge < -0.3 is 0 Å². The average molecular weight is 486 g/mol. The van der Waals surface area contributed by atoms with E-state index in [0.717, 1.165) is 17.2 Å². The third-order valence-corrected chi connectivity index (χ3v) is 8.30. The molecule has 0 saturated carbocycles. The van der Waals surface area contributed by atoms with Crippen molar-refractivity contribution >= 4 is 27.8 Å². The van der Waals surface area contributed by atoms with Gasteiger partial charge in [-0.3, -0.25) is 0 Å². The van der Waals surface area contributed by atoms with Crippen LogP contribution in [-0.2, 0) is 27.4 Å². The Labute approximate surface area is 202 Å². The summed E-state index contributed by atoms with van der Waals surface area (Å²) in [7, 11) is 1.65. The molecule has 0 N–H and O–H groups in total. The molecule has 2 unspecified atom stereocenters. The minimum atomic E-state index is 0. The van der Waals surface area contributed by atoms with Gasteiger partial charge in [-0.1, -0.05) is 106 Å². The van der Waals surface area contributed by atoms with Crippen LogP contribution >= 0.6 is 17.2 Å². The van der Waals surface area contributed by atoms with Gasteiger partial charge in [0.25, 0.3) is 0 Å². The first kappa shape index (κ1) is 25.8. The minimum absolute atomic E-state index is 0. The van der Waals surface area contributed by atoms with Gasteiger partial charge in [-0.05, 0) is 20.9 Å². The maximum atomic E-state index is 2.31. The van der Waals surface area contributed by atoms with E-state index in [4.69, 9.17) is 0 Å². The Balaban J connectivity index is 0.000000213. The molecule has 164 valence electrons. The summed E-state index contributed by atoms with van der Waals surface area (Å²) in [5, 5.41) is 3.38. The zero-order valence-electron chi connectivity index (χ0n) is 18.7. The Kier molecular flexibility index (Phi) is 9.93. The molecule has 0 saturated heterocycles. The normalized spacial score (nSPS) is 12.0. The third-order valence-electron chi connectivity index (χ3n) is 5.23. The summed E-state index contributed by atoms with van der Waals surface area (Å²) < 4.78 is 0. The van der Waals surface area contributed by atoms with Crippen LogP contribution in [0.3, 0.4) is 0 Å².